The van der Waals surface area contributed by atoms with Gasteiger partial charge in [0.15, 0.2) is 0 Å². The lowest BCUT2D eigenvalue weighted by Crippen LogP contribution is -1.63. The first-order valence-corrected chi connectivity index (χ1v) is 3.63. The molecule has 1 heterocycles. The van der Waals surface area contributed by atoms with Crippen LogP contribution in [0.5, 0.6) is 0 Å². The molecule has 0 atom stereocenters. The number of rotatable bonds is 1. The Hall–Kier alpha value is -0.780. The monoisotopic (exact) mass is 136 g/mol. The Bertz CT molecular complexity index is 225. The fourth-order valence-corrected chi connectivity index (χ4v) is 1.29. The van der Waals surface area contributed by atoms with Crippen LogP contribution in [0.2, 0.25) is 0 Å². The molecule has 0 radical (unpaired) electrons. The topological polar surface area (TPSA) is 0 Å². The lowest BCUT2D eigenvalue weighted by Gasteiger charge is -1.86. The van der Waals surface area contributed by atoms with Gasteiger partial charge in [-0.1, -0.05) is 12.6 Å². The van der Waals surface area contributed by atoms with Crippen molar-refractivity contribution in [3.8, 4) is 0 Å². The van der Waals surface area contributed by atoms with Gasteiger partial charge < -0.3 is 0 Å². The third-order valence-corrected chi connectivity index (χ3v) is 2.15. The van der Waals surface area contributed by atoms with Crippen molar-refractivity contribution in [2.75, 3.05) is 0 Å². The lowest BCUT2D eigenvalue weighted by molar-refractivity contribution is 1.73. The van der Waals surface area contributed by atoms with E-state index in [2.05, 4.69) is 23.8 Å². The fourth-order valence-electron chi connectivity index (χ4n) is 0.579. The fraction of sp³-hybridized carbons (Fsp3) is 0.125. The number of allylic oxidation sites excluding steroid dienone is 1. The highest BCUT2D eigenvalue weighted by atomic mass is 32.1. The molecule has 0 amide bonds. The first kappa shape index (κ1) is 6.34. The standard InChI is InChI=1S/C8H8S/c1-3-7(2)8-5-4-6-9-8/h4-6H,1H2,2H3. The summed E-state index contributed by atoms with van der Waals surface area (Å²) >= 11 is 1.72. The highest BCUT2D eigenvalue weighted by Gasteiger charge is 1.91. The molecular weight excluding hydrogens is 128 g/mol. The Balaban J connectivity index is 3.03. The molecule has 1 aromatic rings. The highest BCUT2D eigenvalue weighted by Crippen LogP contribution is 2.17. The molecule has 0 unspecified atom stereocenters. The molecule has 0 spiro atoms. The van der Waals surface area contributed by atoms with E-state index >= 15 is 0 Å². The number of hydrogen-bond donors (Lipinski definition) is 0. The van der Waals surface area contributed by atoms with Crippen LogP contribution in [0.1, 0.15) is 11.8 Å². The van der Waals surface area contributed by atoms with E-state index in [9.17, 15) is 0 Å². The van der Waals surface area contributed by atoms with E-state index in [-0.39, 0.29) is 0 Å². The minimum Gasteiger partial charge on any atom is -0.144 e. The normalized spacial score (nSPS) is 8.56. The summed E-state index contributed by atoms with van der Waals surface area (Å²) in [6.07, 6.45) is 0. The van der Waals surface area contributed by atoms with Crippen LogP contribution in [0.3, 0.4) is 0 Å². The summed E-state index contributed by atoms with van der Waals surface area (Å²) in [4.78, 5) is 1.25. The molecule has 9 heavy (non-hydrogen) atoms. The van der Waals surface area contributed by atoms with Crippen molar-refractivity contribution >= 4 is 16.9 Å². The van der Waals surface area contributed by atoms with Gasteiger partial charge in [0.2, 0.25) is 0 Å². The lowest BCUT2D eigenvalue weighted by atomic mass is 10.3. The first-order chi connectivity index (χ1) is 4.34. The maximum Gasteiger partial charge on any atom is 0.0376 e. The van der Waals surface area contributed by atoms with Crippen molar-refractivity contribution in [3.05, 3.63) is 34.7 Å². The predicted molar refractivity (Wildman–Crippen MR) is 42.5 cm³/mol. The van der Waals surface area contributed by atoms with E-state index in [1.54, 1.807) is 11.3 Å². The van der Waals surface area contributed by atoms with Gasteiger partial charge in [-0.05, 0) is 18.4 Å². The Morgan fingerprint density at radius 2 is 2.56 bits per heavy atom. The van der Waals surface area contributed by atoms with E-state index in [4.69, 9.17) is 0 Å². The maximum absolute atomic E-state index is 3.56. The average molecular weight is 136 g/mol. The molecule has 0 aliphatic rings. The van der Waals surface area contributed by atoms with Crippen molar-refractivity contribution in [2.24, 2.45) is 0 Å². The van der Waals surface area contributed by atoms with Gasteiger partial charge in [-0.2, -0.15) is 0 Å². The second-order valence-electron chi connectivity index (χ2n) is 1.78. The molecule has 0 aromatic carbocycles. The molecule has 0 bridgehead atoms. The zero-order valence-electron chi connectivity index (χ0n) is 5.35. The Kier molecular flexibility index (Phi) is 1.88. The number of hydrogen-bond acceptors (Lipinski definition) is 1. The Labute approximate surface area is 59.2 Å². The molecule has 1 rings (SSSR count). The third-order valence-electron chi connectivity index (χ3n) is 1.16. The summed E-state index contributed by atoms with van der Waals surface area (Å²) < 4.78 is 0. The van der Waals surface area contributed by atoms with Crippen LogP contribution in [0, 0.1) is 0 Å². The molecule has 0 aliphatic heterocycles. The van der Waals surface area contributed by atoms with Crippen LogP contribution in [0.4, 0.5) is 0 Å². The minimum absolute atomic E-state index is 1.13. The van der Waals surface area contributed by atoms with Gasteiger partial charge >= 0.3 is 0 Å². The summed E-state index contributed by atoms with van der Waals surface area (Å²) in [6.45, 7) is 5.57. The summed E-state index contributed by atoms with van der Waals surface area (Å²) in [6, 6.07) is 4.10. The molecule has 1 aromatic heterocycles. The van der Waals surface area contributed by atoms with Crippen LogP contribution in [-0.4, -0.2) is 0 Å². The molecule has 1 heteroatoms. The van der Waals surface area contributed by atoms with Crippen LogP contribution in [-0.2, 0) is 0 Å². The van der Waals surface area contributed by atoms with Gasteiger partial charge in [0.05, 0.1) is 0 Å². The van der Waals surface area contributed by atoms with Crippen LogP contribution in [0.25, 0.3) is 5.57 Å². The number of thiophene rings is 1. The van der Waals surface area contributed by atoms with Crippen molar-refractivity contribution in [1.29, 1.82) is 0 Å². The molecule has 0 nitrogen and oxygen atoms in total. The van der Waals surface area contributed by atoms with Gasteiger partial charge in [0.1, 0.15) is 0 Å². The SMILES string of the molecule is C=C=C(C)c1cccs1. The predicted octanol–water partition coefficient (Wildman–Crippen LogP) is 2.94. The Morgan fingerprint density at radius 1 is 1.78 bits per heavy atom. The van der Waals surface area contributed by atoms with Gasteiger partial charge in [-0.25, -0.2) is 0 Å². The van der Waals surface area contributed by atoms with E-state index in [1.165, 1.54) is 4.88 Å². The molecule has 0 saturated carbocycles. The van der Waals surface area contributed by atoms with Crippen LogP contribution < -0.4 is 0 Å². The summed E-state index contributed by atoms with van der Waals surface area (Å²) in [5.41, 5.74) is 3.97. The van der Waals surface area contributed by atoms with E-state index < -0.39 is 0 Å². The smallest absolute Gasteiger partial charge is 0.0376 e. The molecule has 46 valence electrons. The average Bonchev–Trinajstić information content (AvgIpc) is 2.37. The first-order valence-electron chi connectivity index (χ1n) is 2.75. The van der Waals surface area contributed by atoms with Crippen molar-refractivity contribution in [2.45, 2.75) is 6.92 Å². The van der Waals surface area contributed by atoms with Crippen LogP contribution >= 0.6 is 11.3 Å². The second-order valence-corrected chi connectivity index (χ2v) is 2.73. The molecule has 0 N–H and O–H groups in total. The van der Waals surface area contributed by atoms with E-state index in [0.717, 1.165) is 5.57 Å². The zero-order valence-corrected chi connectivity index (χ0v) is 6.16. The highest BCUT2D eigenvalue weighted by molar-refractivity contribution is 7.11. The summed E-state index contributed by atoms with van der Waals surface area (Å²) in [5, 5.41) is 2.05. The molecule has 0 aliphatic carbocycles. The second kappa shape index (κ2) is 2.67. The molecule has 0 saturated heterocycles. The van der Waals surface area contributed by atoms with Crippen molar-refractivity contribution < 1.29 is 0 Å². The minimum atomic E-state index is 1.13. The zero-order chi connectivity index (χ0) is 6.69. The van der Waals surface area contributed by atoms with Gasteiger partial charge in [0, 0.05) is 10.5 Å². The van der Waals surface area contributed by atoms with Gasteiger partial charge in [-0.3, -0.25) is 0 Å². The van der Waals surface area contributed by atoms with Crippen molar-refractivity contribution in [1.82, 2.24) is 0 Å². The summed E-state index contributed by atoms with van der Waals surface area (Å²) in [5.74, 6) is 0. The van der Waals surface area contributed by atoms with E-state index in [1.807, 2.05) is 13.0 Å². The van der Waals surface area contributed by atoms with Crippen molar-refractivity contribution in [3.63, 3.8) is 0 Å². The third kappa shape index (κ3) is 1.32. The quantitative estimate of drug-likeness (QED) is 0.521. The van der Waals surface area contributed by atoms with Crippen LogP contribution in [0.15, 0.2) is 29.8 Å². The maximum atomic E-state index is 3.56. The van der Waals surface area contributed by atoms with Gasteiger partial charge in [0.25, 0.3) is 0 Å². The molecule has 0 fully saturated rings. The Morgan fingerprint density at radius 3 is 3.00 bits per heavy atom. The summed E-state index contributed by atoms with van der Waals surface area (Å²) in [7, 11) is 0. The largest absolute Gasteiger partial charge is 0.144 e. The van der Waals surface area contributed by atoms with Gasteiger partial charge in [-0.15, -0.1) is 17.1 Å². The molecular formula is C8H8S. The van der Waals surface area contributed by atoms with E-state index in [0.29, 0.717) is 0 Å².